The van der Waals surface area contributed by atoms with Crippen LogP contribution in [0, 0.1) is 13.8 Å². The number of hydrogen-bond acceptors (Lipinski definition) is 2. The molecule has 122 valence electrons. The molecule has 3 nitrogen and oxygen atoms in total. The molecule has 0 saturated carbocycles. The van der Waals surface area contributed by atoms with E-state index in [2.05, 4.69) is 0 Å². The Morgan fingerprint density at radius 1 is 1.00 bits per heavy atom. The highest BCUT2D eigenvalue weighted by atomic mass is 32.2. The quantitative estimate of drug-likeness (QED) is 0.486. The van der Waals surface area contributed by atoms with E-state index in [1.807, 2.05) is 0 Å². The third kappa shape index (κ3) is 2.60. The normalized spacial score (nSPS) is 13.9. The van der Waals surface area contributed by atoms with Crippen molar-refractivity contribution in [3.05, 3.63) is 41.5 Å². The van der Waals surface area contributed by atoms with Crippen molar-refractivity contribution in [2.45, 2.75) is 24.3 Å². The lowest BCUT2D eigenvalue weighted by molar-refractivity contribution is -0.0862. The van der Waals surface area contributed by atoms with E-state index in [1.54, 1.807) is 19.1 Å². The molecule has 0 amide bonds. The fourth-order valence-electron chi connectivity index (χ4n) is 2.73. The lowest BCUT2D eigenvalue weighted by Gasteiger charge is -2.02. The topological polar surface area (TPSA) is 54.4 Å². The Bertz CT molecular complexity index is 1050. The molecule has 3 rings (SSSR count). The first kappa shape index (κ1) is 16.2. The maximum absolute atomic E-state index is 13.5. The van der Waals surface area contributed by atoms with Crippen LogP contribution in [0.5, 0.6) is 0 Å². The van der Waals surface area contributed by atoms with Gasteiger partial charge in [-0.25, -0.2) is 0 Å². The Labute approximate surface area is 133 Å². The fourth-order valence-corrected chi connectivity index (χ4v) is 5.49. The average molecular weight is 361 g/mol. The summed E-state index contributed by atoms with van der Waals surface area (Å²) in [6.45, 7) is 3.23. The van der Waals surface area contributed by atoms with Gasteiger partial charge in [0.1, 0.15) is 15.4 Å². The molecule has 2 aromatic carbocycles. The van der Waals surface area contributed by atoms with Crippen molar-refractivity contribution in [3.8, 4) is 0 Å². The summed E-state index contributed by atoms with van der Waals surface area (Å²) in [5.74, 6) is 0. The van der Waals surface area contributed by atoms with Gasteiger partial charge in [-0.15, -0.1) is 13.2 Å². The van der Waals surface area contributed by atoms with Crippen molar-refractivity contribution in [1.29, 1.82) is 0 Å². The molecule has 23 heavy (non-hydrogen) atoms. The van der Waals surface area contributed by atoms with Gasteiger partial charge in [0.25, 0.3) is 10.1 Å². The third-order valence-electron chi connectivity index (χ3n) is 3.65. The molecule has 1 heterocycles. The van der Waals surface area contributed by atoms with Crippen LogP contribution in [0.3, 0.4) is 0 Å². The lowest BCUT2D eigenvalue weighted by Crippen LogP contribution is -2.01. The second kappa shape index (κ2) is 4.93. The number of halogens is 3. The number of hydrogen-bond donors (Lipinski definition) is 1. The lowest BCUT2D eigenvalue weighted by atomic mass is 10.1. The zero-order valence-electron chi connectivity index (χ0n) is 12.1. The number of alkyl halides is 3. The molecule has 0 bridgehead atoms. The minimum atomic E-state index is -4.58. The largest absolute Gasteiger partial charge is 0.601 e. The monoisotopic (exact) mass is 361 g/mol. The summed E-state index contributed by atoms with van der Waals surface area (Å²) < 4.78 is 72.7. The number of rotatable bonds is 1. The van der Waals surface area contributed by atoms with Crippen LogP contribution in [-0.4, -0.2) is 13.0 Å². The maximum Gasteiger partial charge on any atom is 0.601 e. The predicted octanol–water partition coefficient (Wildman–Crippen LogP) is 5.08. The molecular formula is C15H12F3O3S2+. The second-order valence-corrected chi connectivity index (χ2v) is 8.69. The van der Waals surface area contributed by atoms with Crippen molar-refractivity contribution in [1.82, 2.24) is 0 Å². The molecule has 8 heteroatoms. The summed E-state index contributed by atoms with van der Waals surface area (Å²) in [7, 11) is -6.81. The van der Waals surface area contributed by atoms with Crippen LogP contribution in [0.1, 0.15) is 11.1 Å². The molecule has 0 spiro atoms. The molecule has 0 aliphatic rings. The summed E-state index contributed by atoms with van der Waals surface area (Å²) >= 11 is 0. The van der Waals surface area contributed by atoms with Gasteiger partial charge >= 0.3 is 5.51 Å². The van der Waals surface area contributed by atoms with Crippen LogP contribution in [-0.2, 0) is 15.6 Å². The van der Waals surface area contributed by atoms with Gasteiger partial charge in [-0.2, -0.15) is 8.42 Å². The molecule has 0 aliphatic carbocycles. The molecular weight excluding hydrogens is 349 g/mol. The molecule has 1 aromatic heterocycles. The van der Waals surface area contributed by atoms with Gasteiger partial charge in [0.15, 0.2) is 9.40 Å². The number of thiophene rings is 1. The molecule has 0 aliphatic heterocycles. The van der Waals surface area contributed by atoms with E-state index in [1.165, 1.54) is 19.1 Å². The second-order valence-electron chi connectivity index (χ2n) is 5.34. The standard InChI is InChI=1S/C15H11F3O3S2/c1-8-3-4-12-10(5-8)11-6-9(2)14(23(19,20)21)7-13(11)22(12)15(16,17)18/h3-7H,1-2H3/p+1. The molecule has 1 unspecified atom stereocenters. The Hall–Kier alpha value is -1.64. The Balaban J connectivity index is 2.60. The van der Waals surface area contributed by atoms with Gasteiger partial charge in [-0.05, 0) is 37.6 Å². The Morgan fingerprint density at radius 3 is 2.17 bits per heavy atom. The first-order valence-corrected chi connectivity index (χ1v) is 9.21. The molecule has 0 fully saturated rings. The number of benzene rings is 2. The highest BCUT2D eigenvalue weighted by Gasteiger charge is 2.48. The molecule has 0 saturated heterocycles. The minimum Gasteiger partial charge on any atom is -0.282 e. The van der Waals surface area contributed by atoms with Crippen LogP contribution in [0.25, 0.3) is 20.2 Å². The highest BCUT2D eigenvalue weighted by molar-refractivity contribution is 7.86. The SMILES string of the molecule is Cc1ccc2c(c1)c1cc(C)c(S(=O)(=O)O)cc1[s+]2C(F)(F)F. The van der Waals surface area contributed by atoms with Crippen LogP contribution in [0.15, 0.2) is 35.2 Å². The molecule has 3 aromatic rings. The van der Waals surface area contributed by atoms with E-state index in [0.717, 1.165) is 11.6 Å². The van der Waals surface area contributed by atoms with Gasteiger partial charge in [-0.3, -0.25) is 4.55 Å². The van der Waals surface area contributed by atoms with Gasteiger partial charge in [0, 0.05) is 16.8 Å². The molecule has 0 radical (unpaired) electrons. The highest BCUT2D eigenvalue weighted by Crippen LogP contribution is 2.54. The third-order valence-corrected chi connectivity index (χ3v) is 6.68. The zero-order valence-corrected chi connectivity index (χ0v) is 13.7. The first-order chi connectivity index (χ1) is 10.5. The van der Waals surface area contributed by atoms with Gasteiger partial charge in [0.05, 0.1) is 0 Å². The van der Waals surface area contributed by atoms with Crippen molar-refractivity contribution < 1.29 is 26.1 Å². The first-order valence-electron chi connectivity index (χ1n) is 6.54. The van der Waals surface area contributed by atoms with Gasteiger partial charge < -0.3 is 0 Å². The van der Waals surface area contributed by atoms with Gasteiger partial charge in [0.2, 0.25) is 0 Å². The van der Waals surface area contributed by atoms with E-state index < -0.39 is 31.0 Å². The average Bonchev–Trinajstić information content (AvgIpc) is 2.69. The summed E-state index contributed by atoms with van der Waals surface area (Å²) in [5, 5.41) is 0.833. The molecule has 1 N–H and O–H groups in total. The Morgan fingerprint density at radius 2 is 1.61 bits per heavy atom. The van der Waals surface area contributed by atoms with Crippen LogP contribution < -0.4 is 0 Å². The Kier molecular flexibility index (Phi) is 3.48. The predicted molar refractivity (Wildman–Crippen MR) is 84.5 cm³/mol. The fraction of sp³-hybridized carbons (Fsp3) is 0.200. The van der Waals surface area contributed by atoms with Crippen molar-refractivity contribution in [2.75, 3.05) is 0 Å². The smallest absolute Gasteiger partial charge is 0.282 e. The minimum absolute atomic E-state index is 0.115. The summed E-state index contributed by atoms with van der Waals surface area (Å²) in [6.07, 6.45) is 0. The van der Waals surface area contributed by atoms with E-state index in [4.69, 9.17) is 0 Å². The molecule has 1 atom stereocenters. The maximum atomic E-state index is 13.5. The summed E-state index contributed by atoms with van der Waals surface area (Å²) in [5.41, 5.74) is -3.49. The van der Waals surface area contributed by atoms with Crippen LogP contribution in [0.2, 0.25) is 0 Å². The zero-order chi connectivity index (χ0) is 17.2. The van der Waals surface area contributed by atoms with Crippen molar-refractivity contribution in [3.63, 3.8) is 0 Å². The van der Waals surface area contributed by atoms with Crippen LogP contribution >= 0.6 is 10.5 Å². The van der Waals surface area contributed by atoms with Gasteiger partial charge in [-0.1, -0.05) is 11.6 Å². The van der Waals surface area contributed by atoms with E-state index in [9.17, 15) is 26.1 Å². The van der Waals surface area contributed by atoms with E-state index in [0.29, 0.717) is 10.8 Å². The number of fused-ring (bicyclic) bond motifs is 3. The summed E-state index contributed by atoms with van der Waals surface area (Å²) in [6, 6.07) is 7.05. The number of aryl methyl sites for hydroxylation is 2. The van der Waals surface area contributed by atoms with Crippen LogP contribution in [0.4, 0.5) is 13.2 Å². The van der Waals surface area contributed by atoms with E-state index >= 15 is 0 Å². The summed E-state index contributed by atoms with van der Waals surface area (Å²) in [4.78, 5) is -0.484. The van der Waals surface area contributed by atoms with E-state index in [-0.39, 0.29) is 15.0 Å². The van der Waals surface area contributed by atoms with Crippen molar-refractivity contribution >= 4 is 40.8 Å². The van der Waals surface area contributed by atoms with Crippen molar-refractivity contribution in [2.24, 2.45) is 0 Å².